The Labute approximate surface area is 172 Å². The topological polar surface area (TPSA) is 84.3 Å². The van der Waals surface area contributed by atoms with Crippen molar-refractivity contribution in [1.82, 2.24) is 14.5 Å². The van der Waals surface area contributed by atoms with Gasteiger partial charge in [0.25, 0.3) is 11.8 Å². The summed E-state index contributed by atoms with van der Waals surface area (Å²) in [4.78, 5) is 42.1. The van der Waals surface area contributed by atoms with Crippen LogP contribution in [0.25, 0.3) is 5.69 Å². The number of amides is 3. The summed E-state index contributed by atoms with van der Waals surface area (Å²) in [6.07, 6.45) is 5.06. The maximum Gasteiger partial charge on any atom is 0.261 e. The van der Waals surface area contributed by atoms with Crippen molar-refractivity contribution in [2.75, 3.05) is 11.9 Å². The highest BCUT2D eigenvalue weighted by molar-refractivity contribution is 6.21. The van der Waals surface area contributed by atoms with E-state index in [2.05, 4.69) is 10.3 Å². The summed E-state index contributed by atoms with van der Waals surface area (Å²) in [7, 11) is 0. The molecule has 0 atom stereocenters. The molecule has 2 aromatic carbocycles. The van der Waals surface area contributed by atoms with E-state index in [-0.39, 0.29) is 30.7 Å². The minimum atomic E-state index is -0.493. The molecule has 0 radical (unpaired) electrons. The third-order valence-corrected chi connectivity index (χ3v) is 4.93. The minimum Gasteiger partial charge on any atom is -0.326 e. The number of hydrogen-bond acceptors (Lipinski definition) is 4. The highest BCUT2D eigenvalue weighted by atomic mass is 19.1. The molecule has 0 unspecified atom stereocenters. The molecule has 1 aliphatic heterocycles. The van der Waals surface area contributed by atoms with Crippen molar-refractivity contribution >= 4 is 23.4 Å². The second-order valence-corrected chi connectivity index (χ2v) is 7.10. The summed E-state index contributed by atoms with van der Waals surface area (Å²) < 4.78 is 15.8. The zero-order chi connectivity index (χ0) is 21.3. The Morgan fingerprint density at radius 3 is 2.63 bits per heavy atom. The molecule has 30 heavy (non-hydrogen) atoms. The highest BCUT2D eigenvalue weighted by Gasteiger charge is 2.34. The van der Waals surface area contributed by atoms with Crippen molar-refractivity contribution in [1.29, 1.82) is 0 Å². The number of imide groups is 1. The van der Waals surface area contributed by atoms with Crippen molar-refractivity contribution in [3.63, 3.8) is 0 Å². The van der Waals surface area contributed by atoms with E-state index in [0.29, 0.717) is 28.9 Å². The van der Waals surface area contributed by atoms with E-state index in [1.807, 2.05) is 6.92 Å². The van der Waals surface area contributed by atoms with Gasteiger partial charge in [0.2, 0.25) is 5.91 Å². The fraction of sp³-hybridized carbons (Fsp3) is 0.182. The Balaban J connectivity index is 1.32. The van der Waals surface area contributed by atoms with Crippen molar-refractivity contribution in [2.45, 2.75) is 19.8 Å². The van der Waals surface area contributed by atoms with Crippen molar-refractivity contribution in [3.05, 3.63) is 77.6 Å². The fourth-order valence-corrected chi connectivity index (χ4v) is 3.42. The van der Waals surface area contributed by atoms with Gasteiger partial charge in [-0.1, -0.05) is 11.6 Å². The lowest BCUT2D eigenvalue weighted by molar-refractivity contribution is -0.116. The molecule has 0 spiro atoms. The number of fused-ring (bicyclic) bond motifs is 1. The highest BCUT2D eigenvalue weighted by Crippen LogP contribution is 2.24. The average Bonchev–Trinajstić information content (AvgIpc) is 3.31. The lowest BCUT2D eigenvalue weighted by Gasteiger charge is -2.13. The molecule has 3 amide bonds. The van der Waals surface area contributed by atoms with Crippen molar-refractivity contribution in [2.24, 2.45) is 0 Å². The van der Waals surface area contributed by atoms with Crippen molar-refractivity contribution in [3.8, 4) is 5.69 Å². The van der Waals surface area contributed by atoms with E-state index < -0.39 is 5.82 Å². The fourth-order valence-electron chi connectivity index (χ4n) is 3.42. The summed E-state index contributed by atoms with van der Waals surface area (Å²) in [6, 6.07) is 9.53. The van der Waals surface area contributed by atoms with Crippen LogP contribution >= 0.6 is 0 Å². The molecule has 0 fully saturated rings. The first kappa shape index (κ1) is 19.5. The van der Waals surface area contributed by atoms with Crippen LogP contribution in [-0.2, 0) is 4.79 Å². The third kappa shape index (κ3) is 3.71. The van der Waals surface area contributed by atoms with E-state index in [1.54, 1.807) is 42.7 Å². The van der Waals surface area contributed by atoms with E-state index in [4.69, 9.17) is 0 Å². The predicted octanol–water partition coefficient (Wildman–Crippen LogP) is 3.33. The van der Waals surface area contributed by atoms with Crippen molar-refractivity contribution < 1.29 is 18.8 Å². The van der Waals surface area contributed by atoms with E-state index in [9.17, 15) is 18.8 Å². The molecule has 7 nitrogen and oxygen atoms in total. The summed E-state index contributed by atoms with van der Waals surface area (Å²) in [6.45, 7) is 2.00. The Morgan fingerprint density at radius 1 is 1.10 bits per heavy atom. The first-order chi connectivity index (χ1) is 14.4. The molecular formula is C22H19FN4O3. The standard InChI is InChI=1S/C22H19FN4O3/c1-14-4-6-16-17(11-14)22(30)27(21(16)29)9-2-3-20(28)25-15-5-7-19(18(23)12-15)26-10-8-24-13-26/h4-8,10-13H,2-3,9H2,1H3,(H,25,28). The first-order valence-electron chi connectivity index (χ1n) is 9.48. The normalized spacial score (nSPS) is 12.9. The molecule has 8 heteroatoms. The van der Waals surface area contributed by atoms with Gasteiger partial charge >= 0.3 is 0 Å². The second-order valence-electron chi connectivity index (χ2n) is 7.10. The van der Waals surface area contributed by atoms with Crippen LogP contribution in [0.15, 0.2) is 55.1 Å². The zero-order valence-electron chi connectivity index (χ0n) is 16.3. The Hall–Kier alpha value is -3.81. The lowest BCUT2D eigenvalue weighted by Crippen LogP contribution is -2.31. The molecule has 0 bridgehead atoms. The SMILES string of the molecule is Cc1ccc2c(c1)C(=O)N(CCCC(=O)Nc1ccc(-n3ccnc3)c(F)c1)C2=O. The van der Waals surface area contributed by atoms with Crippen LogP contribution in [0.1, 0.15) is 39.1 Å². The molecule has 0 saturated carbocycles. The number of anilines is 1. The van der Waals surface area contributed by atoms with Gasteiger partial charge in [-0.2, -0.15) is 0 Å². The van der Waals surface area contributed by atoms with Gasteiger partial charge in [0.05, 0.1) is 23.1 Å². The van der Waals surface area contributed by atoms with Crippen LogP contribution in [0.5, 0.6) is 0 Å². The summed E-state index contributed by atoms with van der Waals surface area (Å²) in [5.41, 5.74) is 2.35. The van der Waals surface area contributed by atoms with Gasteiger partial charge in [0.15, 0.2) is 0 Å². The van der Waals surface area contributed by atoms with E-state index >= 15 is 0 Å². The van der Waals surface area contributed by atoms with E-state index in [0.717, 1.165) is 10.5 Å². The van der Waals surface area contributed by atoms with E-state index in [1.165, 1.54) is 17.0 Å². The largest absolute Gasteiger partial charge is 0.326 e. The molecule has 4 rings (SSSR count). The Kier molecular flexibility index (Phi) is 5.14. The number of nitrogens with zero attached hydrogens (tertiary/aromatic N) is 3. The summed E-state index contributed by atoms with van der Waals surface area (Å²) in [5, 5.41) is 2.64. The number of carbonyl (C=O) groups is 3. The molecule has 1 aromatic heterocycles. The number of rotatable bonds is 6. The van der Waals surface area contributed by atoms with Crippen LogP contribution in [0.4, 0.5) is 10.1 Å². The van der Waals surface area contributed by atoms with Gasteiger partial charge in [-0.15, -0.1) is 0 Å². The maximum absolute atomic E-state index is 14.3. The number of aryl methyl sites for hydroxylation is 1. The molecule has 3 aromatic rings. The second kappa shape index (κ2) is 7.90. The van der Waals surface area contributed by atoms with Crippen LogP contribution in [0, 0.1) is 12.7 Å². The minimum absolute atomic E-state index is 0.0946. The number of hydrogen-bond donors (Lipinski definition) is 1. The molecular weight excluding hydrogens is 387 g/mol. The summed E-state index contributed by atoms with van der Waals surface area (Å²) >= 11 is 0. The number of carbonyl (C=O) groups excluding carboxylic acids is 3. The molecule has 0 saturated heterocycles. The van der Waals surface area contributed by atoms with Gasteiger partial charge in [-0.3, -0.25) is 19.3 Å². The number of aromatic nitrogens is 2. The number of benzene rings is 2. The number of imidazole rings is 1. The van der Waals surface area contributed by atoms with Crippen LogP contribution < -0.4 is 5.32 Å². The monoisotopic (exact) mass is 406 g/mol. The Bertz CT molecular complexity index is 1140. The summed E-state index contributed by atoms with van der Waals surface area (Å²) in [5.74, 6) is -1.49. The van der Waals surface area contributed by atoms with Gasteiger partial charge in [0, 0.05) is 31.0 Å². The smallest absolute Gasteiger partial charge is 0.261 e. The predicted molar refractivity (Wildman–Crippen MR) is 108 cm³/mol. The number of halogens is 1. The molecule has 1 N–H and O–H groups in total. The molecule has 1 aliphatic rings. The molecule has 2 heterocycles. The van der Waals surface area contributed by atoms with Crippen LogP contribution in [-0.4, -0.2) is 38.7 Å². The van der Waals surface area contributed by atoms with Gasteiger partial charge in [-0.05, 0) is 43.7 Å². The maximum atomic E-state index is 14.3. The molecule has 152 valence electrons. The number of nitrogens with one attached hydrogen (secondary N) is 1. The lowest BCUT2D eigenvalue weighted by atomic mass is 10.1. The van der Waals surface area contributed by atoms with Gasteiger partial charge in [-0.25, -0.2) is 9.37 Å². The quantitative estimate of drug-likeness (QED) is 0.637. The van der Waals surface area contributed by atoms with Crippen LogP contribution in [0.2, 0.25) is 0 Å². The third-order valence-electron chi connectivity index (χ3n) is 4.93. The first-order valence-corrected chi connectivity index (χ1v) is 9.48. The van der Waals surface area contributed by atoms with Crippen LogP contribution in [0.3, 0.4) is 0 Å². The Morgan fingerprint density at radius 2 is 1.90 bits per heavy atom. The zero-order valence-corrected chi connectivity index (χ0v) is 16.3. The average molecular weight is 406 g/mol. The molecule has 0 aliphatic carbocycles. The van der Waals surface area contributed by atoms with Gasteiger partial charge < -0.3 is 9.88 Å². The van der Waals surface area contributed by atoms with Gasteiger partial charge in [0.1, 0.15) is 5.82 Å².